The van der Waals surface area contributed by atoms with Crippen LogP contribution in [0.15, 0.2) is 54.6 Å². The summed E-state index contributed by atoms with van der Waals surface area (Å²) in [4.78, 5) is 20.5. The van der Waals surface area contributed by atoms with Gasteiger partial charge in [-0.05, 0) is 48.0 Å². The van der Waals surface area contributed by atoms with E-state index in [1.807, 2.05) is 6.07 Å². The monoisotopic (exact) mass is 444 g/mol. The van der Waals surface area contributed by atoms with Gasteiger partial charge in [0.1, 0.15) is 11.6 Å². The van der Waals surface area contributed by atoms with Gasteiger partial charge in [0.2, 0.25) is 0 Å². The number of nitrogens with zero attached hydrogens (tertiary/aromatic N) is 1. The fourth-order valence-electron chi connectivity index (χ4n) is 3.13. The first-order chi connectivity index (χ1) is 14.0. The quantitative estimate of drug-likeness (QED) is 0.351. The van der Waals surface area contributed by atoms with Crippen LogP contribution in [0, 0.1) is 0 Å². The lowest BCUT2D eigenvalue weighted by Crippen LogP contribution is -2.03. The van der Waals surface area contributed by atoms with Crippen molar-refractivity contribution in [1.82, 2.24) is 9.97 Å². The van der Waals surface area contributed by atoms with Crippen LogP contribution in [0.25, 0.3) is 22.4 Å². The highest BCUT2D eigenvalue weighted by Crippen LogP contribution is 2.34. The van der Waals surface area contributed by atoms with Crippen LogP contribution >= 0.6 is 34.8 Å². The Kier molecular flexibility index (Phi) is 5.50. The third-order valence-electron chi connectivity index (χ3n) is 4.58. The van der Waals surface area contributed by atoms with Crippen molar-refractivity contribution in [2.24, 2.45) is 0 Å². The Morgan fingerprint density at radius 1 is 1.00 bits per heavy atom. The third kappa shape index (κ3) is 3.97. The van der Waals surface area contributed by atoms with Gasteiger partial charge in [-0.25, -0.2) is 4.98 Å². The maximum absolute atomic E-state index is 12.8. The Labute approximate surface area is 182 Å². The first-order valence-corrected chi connectivity index (χ1v) is 9.89. The highest BCUT2D eigenvalue weighted by molar-refractivity contribution is 6.39. The van der Waals surface area contributed by atoms with E-state index in [2.05, 4.69) is 9.97 Å². The van der Waals surface area contributed by atoms with Gasteiger partial charge >= 0.3 is 0 Å². The molecule has 0 bridgehead atoms. The number of methoxy groups -OCH3 is 1. The van der Waals surface area contributed by atoms with Crippen molar-refractivity contribution >= 4 is 51.6 Å². The van der Waals surface area contributed by atoms with E-state index in [9.17, 15) is 4.79 Å². The summed E-state index contributed by atoms with van der Waals surface area (Å²) in [5.74, 6) is 1.11. The lowest BCUT2D eigenvalue weighted by molar-refractivity contribution is 0.0993. The first kappa shape index (κ1) is 19.8. The second-order valence-electron chi connectivity index (χ2n) is 6.48. The summed E-state index contributed by atoms with van der Waals surface area (Å²) < 4.78 is 5.15. The van der Waals surface area contributed by atoms with Gasteiger partial charge in [-0.15, -0.1) is 0 Å². The zero-order chi connectivity index (χ0) is 20.5. The number of hydrogen-bond acceptors (Lipinski definition) is 3. The molecule has 0 spiro atoms. The van der Waals surface area contributed by atoms with E-state index in [0.29, 0.717) is 37.8 Å². The molecule has 0 atom stereocenters. The molecule has 0 aliphatic carbocycles. The SMILES string of the molecule is COc1ccc(CC(=O)c2ccc3nc(-c4c(Cl)cccc4Cl)[nH]c3c2)cc1Cl. The molecule has 0 saturated heterocycles. The summed E-state index contributed by atoms with van der Waals surface area (Å²) >= 11 is 18.7. The maximum Gasteiger partial charge on any atom is 0.167 e. The molecular formula is C22H15Cl3N2O2. The number of carbonyl (C=O) groups is 1. The molecule has 0 saturated carbocycles. The second-order valence-corrected chi connectivity index (χ2v) is 7.70. The molecule has 0 aliphatic rings. The number of nitrogens with one attached hydrogen (secondary N) is 1. The number of Topliss-reactive ketones (excluding diaryl/α,β-unsaturated/α-hetero) is 1. The van der Waals surface area contributed by atoms with Crippen LogP contribution < -0.4 is 4.74 Å². The van der Waals surface area contributed by atoms with Crippen molar-refractivity contribution in [2.45, 2.75) is 6.42 Å². The van der Waals surface area contributed by atoms with Crippen molar-refractivity contribution in [2.75, 3.05) is 7.11 Å². The minimum Gasteiger partial charge on any atom is -0.495 e. The summed E-state index contributed by atoms with van der Waals surface area (Å²) in [6.45, 7) is 0. The normalized spacial score (nSPS) is 11.0. The molecule has 0 fully saturated rings. The molecule has 1 N–H and O–H groups in total. The summed E-state index contributed by atoms with van der Waals surface area (Å²) in [5, 5.41) is 1.48. The van der Waals surface area contributed by atoms with Crippen LogP contribution in [-0.4, -0.2) is 22.9 Å². The number of rotatable bonds is 5. The maximum atomic E-state index is 12.8. The van der Waals surface area contributed by atoms with Crippen LogP contribution in [0.4, 0.5) is 0 Å². The van der Waals surface area contributed by atoms with Gasteiger partial charge < -0.3 is 9.72 Å². The van der Waals surface area contributed by atoms with Gasteiger partial charge in [0.15, 0.2) is 5.78 Å². The Morgan fingerprint density at radius 2 is 1.76 bits per heavy atom. The number of fused-ring (bicyclic) bond motifs is 1. The number of hydrogen-bond donors (Lipinski definition) is 1. The zero-order valence-corrected chi connectivity index (χ0v) is 17.6. The summed E-state index contributed by atoms with van der Waals surface area (Å²) in [6.07, 6.45) is 0.229. The standard InChI is InChI=1S/C22H15Cl3N2O2/c1-29-20-8-5-12(9-16(20)25)10-19(28)13-6-7-17-18(11-13)27-22(26-17)21-14(23)3-2-4-15(21)24/h2-9,11H,10H2,1H3,(H,26,27). The van der Waals surface area contributed by atoms with Crippen LogP contribution in [0.5, 0.6) is 5.75 Å². The molecule has 4 nitrogen and oxygen atoms in total. The smallest absolute Gasteiger partial charge is 0.167 e. The summed E-state index contributed by atoms with van der Waals surface area (Å²) in [5.41, 5.74) is 3.47. The van der Waals surface area contributed by atoms with Crippen LogP contribution in [0.1, 0.15) is 15.9 Å². The van der Waals surface area contributed by atoms with E-state index in [-0.39, 0.29) is 12.2 Å². The average Bonchev–Trinajstić information content (AvgIpc) is 3.10. The molecule has 29 heavy (non-hydrogen) atoms. The van der Waals surface area contributed by atoms with Crippen LogP contribution in [-0.2, 0) is 6.42 Å². The van der Waals surface area contributed by atoms with Crippen molar-refractivity contribution < 1.29 is 9.53 Å². The minimum absolute atomic E-state index is 0.0277. The van der Waals surface area contributed by atoms with Gasteiger partial charge in [-0.1, -0.05) is 46.9 Å². The van der Waals surface area contributed by atoms with E-state index in [1.54, 1.807) is 55.6 Å². The molecule has 4 rings (SSSR count). The minimum atomic E-state index is -0.0277. The lowest BCUT2D eigenvalue weighted by Gasteiger charge is -2.06. The Bertz CT molecular complexity index is 1210. The Balaban J connectivity index is 1.64. The van der Waals surface area contributed by atoms with Crippen LogP contribution in [0.3, 0.4) is 0 Å². The number of aromatic amines is 1. The van der Waals surface area contributed by atoms with Crippen molar-refractivity contribution in [3.63, 3.8) is 0 Å². The molecule has 4 aromatic rings. The number of ketones is 1. The molecule has 146 valence electrons. The van der Waals surface area contributed by atoms with E-state index >= 15 is 0 Å². The average molecular weight is 446 g/mol. The van der Waals surface area contributed by atoms with E-state index in [4.69, 9.17) is 39.5 Å². The molecule has 0 amide bonds. The summed E-state index contributed by atoms with van der Waals surface area (Å²) in [7, 11) is 1.55. The third-order valence-corrected chi connectivity index (χ3v) is 5.51. The van der Waals surface area contributed by atoms with Gasteiger partial charge in [-0.3, -0.25) is 4.79 Å². The van der Waals surface area contributed by atoms with Crippen LogP contribution in [0.2, 0.25) is 15.1 Å². The topological polar surface area (TPSA) is 55.0 Å². The molecule has 3 aromatic carbocycles. The number of imidazole rings is 1. The first-order valence-electron chi connectivity index (χ1n) is 8.76. The number of benzene rings is 3. The van der Waals surface area contributed by atoms with Gasteiger partial charge in [0, 0.05) is 12.0 Å². The van der Waals surface area contributed by atoms with Crippen molar-refractivity contribution in [1.29, 1.82) is 0 Å². The van der Waals surface area contributed by atoms with Crippen molar-refractivity contribution in [3.8, 4) is 17.1 Å². The predicted molar refractivity (Wildman–Crippen MR) is 118 cm³/mol. The highest BCUT2D eigenvalue weighted by atomic mass is 35.5. The molecular weight excluding hydrogens is 431 g/mol. The molecule has 7 heteroatoms. The Morgan fingerprint density at radius 3 is 2.45 bits per heavy atom. The van der Waals surface area contributed by atoms with E-state index in [0.717, 1.165) is 16.6 Å². The number of halogens is 3. The molecule has 0 radical (unpaired) electrons. The molecule has 0 aliphatic heterocycles. The molecule has 0 unspecified atom stereocenters. The van der Waals surface area contributed by atoms with E-state index < -0.39 is 0 Å². The summed E-state index contributed by atoms with van der Waals surface area (Å²) in [6, 6.07) is 15.9. The molecule has 1 aromatic heterocycles. The lowest BCUT2D eigenvalue weighted by atomic mass is 10.0. The number of carbonyl (C=O) groups excluding carboxylic acids is 1. The van der Waals surface area contributed by atoms with Gasteiger partial charge in [-0.2, -0.15) is 0 Å². The van der Waals surface area contributed by atoms with Gasteiger partial charge in [0.05, 0.1) is 38.8 Å². The second kappa shape index (κ2) is 8.07. The molecule has 1 heterocycles. The fraction of sp³-hybridized carbons (Fsp3) is 0.0909. The zero-order valence-electron chi connectivity index (χ0n) is 15.3. The number of ether oxygens (including phenoxy) is 1. The van der Waals surface area contributed by atoms with E-state index in [1.165, 1.54) is 0 Å². The largest absolute Gasteiger partial charge is 0.495 e. The van der Waals surface area contributed by atoms with Crippen molar-refractivity contribution in [3.05, 3.63) is 80.8 Å². The fourth-order valence-corrected chi connectivity index (χ4v) is 3.99. The predicted octanol–water partition coefficient (Wildman–Crippen LogP) is 6.62. The highest BCUT2D eigenvalue weighted by Gasteiger charge is 2.15. The Hall–Kier alpha value is -2.53. The number of H-pyrrole nitrogens is 1. The van der Waals surface area contributed by atoms with Gasteiger partial charge in [0.25, 0.3) is 0 Å². The number of aromatic nitrogens is 2.